The number of nitrogens with one attached hydrogen (secondary N) is 1. The molecule has 0 aromatic heterocycles. The lowest BCUT2D eigenvalue weighted by Crippen LogP contribution is -2.26. The van der Waals surface area contributed by atoms with Gasteiger partial charge in [0.25, 0.3) is 0 Å². The van der Waals surface area contributed by atoms with Crippen LogP contribution < -0.4 is 5.32 Å². The molecule has 1 N–H and O–H groups in total. The van der Waals surface area contributed by atoms with E-state index in [9.17, 15) is 18.0 Å². The number of hydrogen-bond donors (Lipinski definition) is 1. The van der Waals surface area contributed by atoms with Crippen LogP contribution in [0.4, 0.5) is 13.2 Å². The molecule has 0 saturated carbocycles. The van der Waals surface area contributed by atoms with Crippen LogP contribution in [0.1, 0.15) is 11.6 Å². The predicted octanol–water partition coefficient (Wildman–Crippen LogP) is 1.54. The van der Waals surface area contributed by atoms with Crippen LogP contribution in [0.2, 0.25) is 0 Å². The zero-order valence-electron chi connectivity index (χ0n) is 8.68. The number of rotatable bonds is 3. The first kappa shape index (κ1) is 12.5. The first-order valence-electron chi connectivity index (χ1n) is 4.40. The van der Waals surface area contributed by atoms with Gasteiger partial charge in [0.15, 0.2) is 17.5 Å². The standard InChI is InChI=1S/C10H10F3NO2/c1-14-9(10(15)16-2)5-3-6(11)8(13)7(12)4-5/h3-4,9,14H,1-2H3. The number of hydrogen-bond acceptors (Lipinski definition) is 3. The molecule has 88 valence electrons. The highest BCUT2D eigenvalue weighted by molar-refractivity contribution is 5.77. The molecule has 0 aliphatic heterocycles. The summed E-state index contributed by atoms with van der Waals surface area (Å²) in [4.78, 5) is 11.2. The second-order valence-corrected chi connectivity index (χ2v) is 3.04. The molecule has 0 heterocycles. The molecule has 0 fully saturated rings. The van der Waals surface area contributed by atoms with Crippen molar-refractivity contribution in [2.24, 2.45) is 0 Å². The first-order valence-corrected chi connectivity index (χ1v) is 4.40. The highest BCUT2D eigenvalue weighted by Crippen LogP contribution is 2.20. The van der Waals surface area contributed by atoms with Crippen LogP contribution in [0.5, 0.6) is 0 Å². The van der Waals surface area contributed by atoms with Crippen molar-refractivity contribution in [1.82, 2.24) is 5.32 Å². The van der Waals surface area contributed by atoms with Gasteiger partial charge in [-0.3, -0.25) is 0 Å². The molecule has 6 heteroatoms. The maximum absolute atomic E-state index is 12.9. The predicted molar refractivity (Wildman–Crippen MR) is 50.1 cm³/mol. The summed E-state index contributed by atoms with van der Waals surface area (Å²) < 4.78 is 42.9. The second-order valence-electron chi connectivity index (χ2n) is 3.04. The number of likely N-dealkylation sites (N-methyl/N-ethyl adjacent to an activating group) is 1. The summed E-state index contributed by atoms with van der Waals surface area (Å²) in [7, 11) is 2.56. The van der Waals surface area contributed by atoms with Crippen molar-refractivity contribution in [2.45, 2.75) is 6.04 Å². The van der Waals surface area contributed by atoms with Crippen molar-refractivity contribution < 1.29 is 22.7 Å². The fourth-order valence-corrected chi connectivity index (χ4v) is 1.28. The van der Waals surface area contributed by atoms with Gasteiger partial charge in [-0.25, -0.2) is 18.0 Å². The molecule has 16 heavy (non-hydrogen) atoms. The molecule has 0 saturated heterocycles. The van der Waals surface area contributed by atoms with Crippen LogP contribution in [0.25, 0.3) is 0 Å². The first-order chi connectivity index (χ1) is 7.51. The van der Waals surface area contributed by atoms with E-state index in [0.717, 1.165) is 19.2 Å². The van der Waals surface area contributed by atoms with Crippen LogP contribution in [-0.2, 0) is 9.53 Å². The molecule has 0 spiro atoms. The number of carbonyl (C=O) groups excluding carboxylic acids is 1. The van der Waals surface area contributed by atoms with Gasteiger partial charge in [-0.05, 0) is 24.7 Å². The molecule has 0 bridgehead atoms. The van der Waals surface area contributed by atoms with Crippen molar-refractivity contribution >= 4 is 5.97 Å². The fourth-order valence-electron chi connectivity index (χ4n) is 1.28. The Kier molecular flexibility index (Phi) is 3.89. The summed E-state index contributed by atoms with van der Waals surface area (Å²) >= 11 is 0. The van der Waals surface area contributed by atoms with Crippen molar-refractivity contribution in [1.29, 1.82) is 0 Å². The van der Waals surface area contributed by atoms with E-state index in [0.29, 0.717) is 0 Å². The fraction of sp³-hybridized carbons (Fsp3) is 0.300. The number of esters is 1. The lowest BCUT2D eigenvalue weighted by molar-refractivity contribution is -0.143. The van der Waals surface area contributed by atoms with Gasteiger partial charge in [0.05, 0.1) is 7.11 Å². The minimum Gasteiger partial charge on any atom is -0.468 e. The van der Waals surface area contributed by atoms with Gasteiger partial charge in [-0.1, -0.05) is 0 Å². The van der Waals surface area contributed by atoms with E-state index in [1.54, 1.807) is 0 Å². The topological polar surface area (TPSA) is 38.3 Å². The van der Waals surface area contributed by atoms with Crippen LogP contribution >= 0.6 is 0 Å². The molecular formula is C10H10F3NO2. The zero-order chi connectivity index (χ0) is 12.3. The molecule has 1 atom stereocenters. The summed E-state index contributed by atoms with van der Waals surface area (Å²) in [6, 6.07) is 0.460. The smallest absolute Gasteiger partial charge is 0.327 e. The third-order valence-corrected chi connectivity index (χ3v) is 2.07. The molecule has 0 amide bonds. The number of carbonyl (C=O) groups is 1. The summed E-state index contributed by atoms with van der Waals surface area (Å²) in [5, 5.41) is 2.51. The number of halogens is 3. The van der Waals surface area contributed by atoms with Gasteiger partial charge in [0.1, 0.15) is 6.04 Å². The third kappa shape index (κ3) is 2.33. The number of benzene rings is 1. The molecule has 1 unspecified atom stereocenters. The second kappa shape index (κ2) is 4.98. The van der Waals surface area contributed by atoms with E-state index in [1.807, 2.05) is 0 Å². The van der Waals surface area contributed by atoms with Crippen LogP contribution in [-0.4, -0.2) is 20.1 Å². The summed E-state index contributed by atoms with van der Waals surface area (Å²) in [6.45, 7) is 0. The Morgan fingerprint density at radius 1 is 1.31 bits per heavy atom. The molecule has 3 nitrogen and oxygen atoms in total. The normalized spacial score (nSPS) is 12.3. The van der Waals surface area contributed by atoms with Crippen molar-refractivity contribution in [2.75, 3.05) is 14.2 Å². The molecule has 1 aromatic carbocycles. The summed E-state index contributed by atoms with van der Waals surface area (Å²) in [5.74, 6) is -4.98. The Morgan fingerprint density at radius 3 is 2.19 bits per heavy atom. The quantitative estimate of drug-likeness (QED) is 0.635. The Morgan fingerprint density at radius 2 is 1.81 bits per heavy atom. The van der Waals surface area contributed by atoms with Gasteiger partial charge in [-0.15, -0.1) is 0 Å². The van der Waals surface area contributed by atoms with Gasteiger partial charge < -0.3 is 10.1 Å². The third-order valence-electron chi connectivity index (χ3n) is 2.07. The molecule has 1 rings (SSSR count). The van der Waals surface area contributed by atoms with E-state index < -0.39 is 29.5 Å². The monoisotopic (exact) mass is 233 g/mol. The van der Waals surface area contributed by atoms with Gasteiger partial charge in [0, 0.05) is 0 Å². The highest BCUT2D eigenvalue weighted by Gasteiger charge is 2.22. The van der Waals surface area contributed by atoms with Crippen LogP contribution in [0.3, 0.4) is 0 Å². The molecule has 0 radical (unpaired) electrons. The van der Waals surface area contributed by atoms with E-state index in [4.69, 9.17) is 0 Å². The van der Waals surface area contributed by atoms with Crippen LogP contribution in [0.15, 0.2) is 12.1 Å². The van der Waals surface area contributed by atoms with Crippen molar-refractivity contribution in [3.05, 3.63) is 35.1 Å². The molecule has 0 aliphatic rings. The average molecular weight is 233 g/mol. The summed E-state index contributed by atoms with van der Waals surface area (Å²) in [6.07, 6.45) is 0. The summed E-state index contributed by atoms with van der Waals surface area (Å²) in [5.41, 5.74) is -0.0363. The van der Waals surface area contributed by atoms with E-state index in [2.05, 4.69) is 10.1 Å². The van der Waals surface area contributed by atoms with E-state index in [-0.39, 0.29) is 5.56 Å². The molecular weight excluding hydrogens is 223 g/mol. The van der Waals surface area contributed by atoms with Crippen molar-refractivity contribution in [3.63, 3.8) is 0 Å². The average Bonchev–Trinajstić information content (AvgIpc) is 2.26. The lowest BCUT2D eigenvalue weighted by atomic mass is 10.1. The van der Waals surface area contributed by atoms with Gasteiger partial charge in [-0.2, -0.15) is 0 Å². The van der Waals surface area contributed by atoms with Crippen molar-refractivity contribution in [3.8, 4) is 0 Å². The number of methoxy groups -OCH3 is 1. The van der Waals surface area contributed by atoms with E-state index >= 15 is 0 Å². The maximum Gasteiger partial charge on any atom is 0.327 e. The van der Waals surface area contributed by atoms with E-state index in [1.165, 1.54) is 7.05 Å². The molecule has 0 aliphatic carbocycles. The minimum atomic E-state index is -1.57. The van der Waals surface area contributed by atoms with Crippen LogP contribution in [0, 0.1) is 17.5 Å². The Labute approximate surface area is 90.2 Å². The SMILES string of the molecule is CNC(C(=O)OC)c1cc(F)c(F)c(F)c1. The Balaban J connectivity index is 3.16. The molecule has 1 aromatic rings. The zero-order valence-corrected chi connectivity index (χ0v) is 8.68. The number of ether oxygens (including phenoxy) is 1. The highest BCUT2D eigenvalue weighted by atomic mass is 19.2. The minimum absolute atomic E-state index is 0.0363. The Bertz CT molecular complexity index is 386. The van der Waals surface area contributed by atoms with Gasteiger partial charge in [0.2, 0.25) is 0 Å². The largest absolute Gasteiger partial charge is 0.468 e. The van der Waals surface area contributed by atoms with Gasteiger partial charge >= 0.3 is 5.97 Å². The maximum atomic E-state index is 12.9. The lowest BCUT2D eigenvalue weighted by Gasteiger charge is -2.14. The Hall–Kier alpha value is -1.56.